The standard InChI is InChI=1S/C20H16FN3O3/c1-12-22-19(27-23-12)18-10-17(25)11-24(18)20(26)15-4-2-13(3-5-15)14-6-8-16(21)9-7-14/h2-9,18H,10-11H2,1H3. The van der Waals surface area contributed by atoms with Gasteiger partial charge in [0.05, 0.1) is 6.54 Å². The van der Waals surface area contributed by atoms with Gasteiger partial charge in [-0.2, -0.15) is 4.98 Å². The van der Waals surface area contributed by atoms with E-state index in [0.29, 0.717) is 11.4 Å². The molecule has 1 aromatic heterocycles. The highest BCUT2D eigenvalue weighted by molar-refractivity contribution is 5.99. The molecule has 0 radical (unpaired) electrons. The van der Waals surface area contributed by atoms with Crippen molar-refractivity contribution in [1.29, 1.82) is 0 Å². The minimum absolute atomic E-state index is 0.0185. The second-order valence-corrected chi connectivity index (χ2v) is 6.46. The Kier molecular flexibility index (Phi) is 4.27. The predicted octanol–water partition coefficient (Wildman–Crippen LogP) is 3.34. The molecule has 1 unspecified atom stereocenters. The van der Waals surface area contributed by atoms with E-state index >= 15 is 0 Å². The van der Waals surface area contributed by atoms with E-state index in [-0.39, 0.29) is 36.4 Å². The zero-order valence-corrected chi connectivity index (χ0v) is 14.6. The molecule has 1 fully saturated rings. The highest BCUT2D eigenvalue weighted by Crippen LogP contribution is 2.31. The molecule has 4 rings (SSSR count). The second-order valence-electron chi connectivity index (χ2n) is 6.46. The molecule has 0 spiro atoms. The number of carbonyl (C=O) groups excluding carboxylic acids is 2. The summed E-state index contributed by atoms with van der Waals surface area (Å²) < 4.78 is 18.2. The molecule has 7 heteroatoms. The van der Waals surface area contributed by atoms with Crippen molar-refractivity contribution in [3.63, 3.8) is 0 Å². The maximum Gasteiger partial charge on any atom is 0.254 e. The van der Waals surface area contributed by atoms with E-state index in [2.05, 4.69) is 10.1 Å². The molecule has 6 nitrogen and oxygen atoms in total. The molecule has 27 heavy (non-hydrogen) atoms. The number of rotatable bonds is 3. The maximum absolute atomic E-state index is 13.1. The van der Waals surface area contributed by atoms with Gasteiger partial charge in [-0.15, -0.1) is 0 Å². The van der Waals surface area contributed by atoms with Crippen LogP contribution < -0.4 is 0 Å². The van der Waals surface area contributed by atoms with Crippen LogP contribution in [0.1, 0.15) is 34.5 Å². The fourth-order valence-corrected chi connectivity index (χ4v) is 3.19. The van der Waals surface area contributed by atoms with Crippen LogP contribution in [0.3, 0.4) is 0 Å². The minimum Gasteiger partial charge on any atom is -0.337 e. The molecule has 1 saturated heterocycles. The zero-order valence-electron chi connectivity index (χ0n) is 14.6. The molecule has 0 N–H and O–H groups in total. The third-order valence-corrected chi connectivity index (χ3v) is 4.54. The molecule has 1 aliphatic rings. The van der Waals surface area contributed by atoms with Crippen molar-refractivity contribution in [2.75, 3.05) is 6.54 Å². The van der Waals surface area contributed by atoms with Gasteiger partial charge in [0.15, 0.2) is 11.6 Å². The van der Waals surface area contributed by atoms with E-state index in [9.17, 15) is 14.0 Å². The molecule has 3 aromatic rings. The van der Waals surface area contributed by atoms with Crippen molar-refractivity contribution in [1.82, 2.24) is 15.0 Å². The summed E-state index contributed by atoms with van der Waals surface area (Å²) in [6, 6.07) is 12.6. The van der Waals surface area contributed by atoms with Crippen LogP contribution >= 0.6 is 0 Å². The number of Topliss-reactive ketones (excluding diaryl/α,β-unsaturated/α-hetero) is 1. The summed E-state index contributed by atoms with van der Waals surface area (Å²) >= 11 is 0. The molecular formula is C20H16FN3O3. The van der Waals surface area contributed by atoms with Crippen LogP contribution in [0.25, 0.3) is 11.1 Å². The van der Waals surface area contributed by atoms with Gasteiger partial charge < -0.3 is 9.42 Å². The first-order valence-corrected chi connectivity index (χ1v) is 8.50. The number of ketones is 1. The first-order chi connectivity index (χ1) is 13.0. The number of hydrogen-bond donors (Lipinski definition) is 0. The second kappa shape index (κ2) is 6.75. The highest BCUT2D eigenvalue weighted by Gasteiger charge is 2.38. The Morgan fingerprint density at radius 1 is 1.11 bits per heavy atom. The Hall–Kier alpha value is -3.35. The molecule has 0 bridgehead atoms. The number of aromatic nitrogens is 2. The van der Waals surface area contributed by atoms with E-state index in [1.54, 1.807) is 43.3 Å². The summed E-state index contributed by atoms with van der Waals surface area (Å²) in [6.45, 7) is 1.70. The van der Waals surface area contributed by atoms with Crippen LogP contribution in [0.2, 0.25) is 0 Å². The third-order valence-electron chi connectivity index (χ3n) is 4.54. The zero-order chi connectivity index (χ0) is 19.0. The van der Waals surface area contributed by atoms with Crippen LogP contribution in [0.5, 0.6) is 0 Å². The fourth-order valence-electron chi connectivity index (χ4n) is 3.19. The summed E-state index contributed by atoms with van der Waals surface area (Å²) in [5.74, 6) is 0.112. The van der Waals surface area contributed by atoms with Crippen molar-refractivity contribution >= 4 is 11.7 Å². The van der Waals surface area contributed by atoms with Crippen LogP contribution in [-0.2, 0) is 4.79 Å². The Morgan fingerprint density at radius 3 is 2.33 bits per heavy atom. The maximum atomic E-state index is 13.1. The predicted molar refractivity (Wildman–Crippen MR) is 94.3 cm³/mol. The molecule has 1 aliphatic heterocycles. The summed E-state index contributed by atoms with van der Waals surface area (Å²) in [4.78, 5) is 30.5. The Morgan fingerprint density at radius 2 is 1.74 bits per heavy atom. The molecule has 2 aromatic carbocycles. The van der Waals surface area contributed by atoms with Crippen LogP contribution in [0.15, 0.2) is 53.1 Å². The minimum atomic E-state index is -0.539. The molecule has 1 atom stereocenters. The van der Waals surface area contributed by atoms with Crippen molar-refractivity contribution < 1.29 is 18.5 Å². The number of hydrogen-bond acceptors (Lipinski definition) is 5. The summed E-state index contributed by atoms with van der Waals surface area (Å²) in [6.07, 6.45) is 0.168. The smallest absolute Gasteiger partial charge is 0.254 e. The monoisotopic (exact) mass is 365 g/mol. The summed E-state index contributed by atoms with van der Waals surface area (Å²) in [5, 5.41) is 3.74. The molecule has 1 amide bonds. The largest absolute Gasteiger partial charge is 0.337 e. The number of carbonyl (C=O) groups is 2. The molecule has 136 valence electrons. The van der Waals surface area contributed by atoms with Gasteiger partial charge in [0.1, 0.15) is 11.9 Å². The number of nitrogens with zero attached hydrogens (tertiary/aromatic N) is 3. The van der Waals surface area contributed by atoms with Gasteiger partial charge in [-0.1, -0.05) is 29.4 Å². The number of amides is 1. The lowest BCUT2D eigenvalue weighted by Crippen LogP contribution is -2.31. The van der Waals surface area contributed by atoms with Crippen molar-refractivity contribution in [3.8, 4) is 11.1 Å². The van der Waals surface area contributed by atoms with Gasteiger partial charge in [-0.25, -0.2) is 4.39 Å². The first kappa shape index (κ1) is 17.1. The van der Waals surface area contributed by atoms with Gasteiger partial charge in [0.25, 0.3) is 5.91 Å². The van der Waals surface area contributed by atoms with Gasteiger partial charge in [0, 0.05) is 12.0 Å². The number of benzene rings is 2. The Labute approximate surface area is 154 Å². The van der Waals surface area contributed by atoms with Gasteiger partial charge >= 0.3 is 0 Å². The molecular weight excluding hydrogens is 349 g/mol. The van der Waals surface area contributed by atoms with Gasteiger partial charge in [-0.3, -0.25) is 9.59 Å². The fraction of sp³-hybridized carbons (Fsp3) is 0.200. The number of likely N-dealkylation sites (tertiary alicyclic amines) is 1. The normalized spacial score (nSPS) is 16.7. The van der Waals surface area contributed by atoms with Crippen molar-refractivity contribution in [3.05, 3.63) is 71.6 Å². The SMILES string of the molecule is Cc1noc(C2CC(=O)CN2C(=O)c2ccc(-c3ccc(F)cc3)cc2)n1. The topological polar surface area (TPSA) is 76.3 Å². The average molecular weight is 365 g/mol. The van der Waals surface area contributed by atoms with E-state index in [0.717, 1.165) is 11.1 Å². The highest BCUT2D eigenvalue weighted by atomic mass is 19.1. The first-order valence-electron chi connectivity index (χ1n) is 8.50. The summed E-state index contributed by atoms with van der Waals surface area (Å²) in [7, 11) is 0. The molecule has 0 aliphatic carbocycles. The lowest BCUT2D eigenvalue weighted by molar-refractivity contribution is -0.116. The van der Waals surface area contributed by atoms with Crippen molar-refractivity contribution in [2.24, 2.45) is 0 Å². The quantitative estimate of drug-likeness (QED) is 0.711. The average Bonchev–Trinajstić information content (AvgIpc) is 3.27. The van der Waals surface area contributed by atoms with Crippen LogP contribution in [0, 0.1) is 12.7 Å². The van der Waals surface area contributed by atoms with Gasteiger partial charge in [0.2, 0.25) is 5.89 Å². The third kappa shape index (κ3) is 3.36. The lowest BCUT2D eigenvalue weighted by Gasteiger charge is -2.21. The van der Waals surface area contributed by atoms with E-state index in [1.165, 1.54) is 17.0 Å². The molecule has 2 heterocycles. The Bertz CT molecular complexity index is 996. The summed E-state index contributed by atoms with van der Waals surface area (Å²) in [5.41, 5.74) is 2.18. The van der Waals surface area contributed by atoms with E-state index < -0.39 is 6.04 Å². The lowest BCUT2D eigenvalue weighted by atomic mass is 10.0. The van der Waals surface area contributed by atoms with E-state index in [4.69, 9.17) is 4.52 Å². The number of halogens is 1. The number of aryl methyl sites for hydroxylation is 1. The van der Waals surface area contributed by atoms with Crippen LogP contribution in [-0.4, -0.2) is 33.3 Å². The van der Waals surface area contributed by atoms with E-state index in [1.807, 2.05) is 0 Å². The Balaban J connectivity index is 1.58. The van der Waals surface area contributed by atoms with Crippen molar-refractivity contribution in [2.45, 2.75) is 19.4 Å². The van der Waals surface area contributed by atoms with Gasteiger partial charge in [-0.05, 0) is 42.3 Å². The van der Waals surface area contributed by atoms with Crippen LogP contribution in [0.4, 0.5) is 4.39 Å². The molecule has 0 saturated carbocycles.